The van der Waals surface area contributed by atoms with E-state index in [4.69, 9.17) is 16.3 Å². The summed E-state index contributed by atoms with van der Waals surface area (Å²) in [5, 5.41) is 4.35. The molecule has 8 heteroatoms. The molecule has 2 aromatic carbocycles. The monoisotopic (exact) mass is 496 g/mol. The van der Waals surface area contributed by atoms with E-state index >= 15 is 0 Å². The van der Waals surface area contributed by atoms with Gasteiger partial charge in [-0.25, -0.2) is 9.97 Å². The van der Waals surface area contributed by atoms with Crippen molar-refractivity contribution in [1.29, 1.82) is 0 Å². The van der Waals surface area contributed by atoms with Gasteiger partial charge in [0.05, 0.1) is 0 Å². The number of benzene rings is 2. The average Bonchev–Trinajstić information content (AvgIpc) is 2.86. The summed E-state index contributed by atoms with van der Waals surface area (Å²) in [6.45, 7) is 5.16. The molecule has 0 bridgehead atoms. The quantitative estimate of drug-likeness (QED) is 0.363. The lowest BCUT2D eigenvalue weighted by Gasteiger charge is -2.33. The molecule has 0 unspecified atom stereocenters. The number of ether oxygens (including phenoxy) is 1. The van der Waals surface area contributed by atoms with Crippen LogP contribution >= 0.6 is 23.4 Å². The van der Waals surface area contributed by atoms with E-state index in [1.165, 1.54) is 37.6 Å². The molecule has 1 aliphatic heterocycles. The van der Waals surface area contributed by atoms with Crippen LogP contribution in [0.3, 0.4) is 0 Å². The van der Waals surface area contributed by atoms with E-state index in [0.29, 0.717) is 39.8 Å². The molecule has 4 rings (SSSR count). The summed E-state index contributed by atoms with van der Waals surface area (Å²) in [7, 11) is 0. The summed E-state index contributed by atoms with van der Waals surface area (Å²) in [5.41, 5.74) is 0.605. The number of nitrogens with one attached hydrogen (secondary N) is 1. The smallest absolute Gasteiger partial charge is 0.252 e. The molecule has 1 saturated heterocycles. The molecule has 1 aromatic heterocycles. The molecule has 0 aliphatic carbocycles. The normalized spacial score (nSPS) is 16.2. The van der Waals surface area contributed by atoms with Gasteiger partial charge in [-0.1, -0.05) is 29.8 Å². The van der Waals surface area contributed by atoms with Crippen molar-refractivity contribution < 1.29 is 9.53 Å². The molecular formula is C26H29ClN4O2S. The number of carbonyl (C=O) groups excluding carboxylic acids is 1. The fraction of sp³-hybridized carbons (Fsp3) is 0.346. The van der Waals surface area contributed by atoms with Crippen LogP contribution in [0.1, 0.15) is 43.0 Å². The number of rotatable bonds is 9. The number of nitrogens with zero attached hydrogens (tertiary/aromatic N) is 3. The summed E-state index contributed by atoms with van der Waals surface area (Å²) in [6, 6.07) is 15.2. The van der Waals surface area contributed by atoms with Crippen molar-refractivity contribution in [1.82, 2.24) is 20.2 Å². The molecule has 1 N–H and O–H groups in total. The molecule has 0 spiro atoms. The molecule has 1 amide bonds. The third kappa shape index (κ3) is 6.95. The predicted molar refractivity (Wildman–Crippen MR) is 136 cm³/mol. The van der Waals surface area contributed by atoms with Gasteiger partial charge in [-0.15, -0.1) is 0 Å². The molecule has 178 valence electrons. The number of hydrogen-bond donors (Lipinski definition) is 1. The summed E-state index contributed by atoms with van der Waals surface area (Å²) in [4.78, 5) is 24.7. The Kier molecular flexibility index (Phi) is 8.79. The van der Waals surface area contributed by atoms with E-state index < -0.39 is 0 Å². The molecule has 0 radical (unpaired) electrons. The molecule has 0 saturated carbocycles. The maximum atomic E-state index is 12.5. The van der Waals surface area contributed by atoms with Gasteiger partial charge >= 0.3 is 0 Å². The zero-order valence-corrected chi connectivity index (χ0v) is 20.8. The van der Waals surface area contributed by atoms with Crippen LogP contribution in [0, 0.1) is 0 Å². The van der Waals surface area contributed by atoms with Gasteiger partial charge in [0.1, 0.15) is 5.75 Å². The first kappa shape index (κ1) is 24.5. The van der Waals surface area contributed by atoms with Gasteiger partial charge in [-0.05, 0) is 81.3 Å². The van der Waals surface area contributed by atoms with Crippen LogP contribution in [0.15, 0.2) is 70.8 Å². The SMILES string of the molecule is C[C@H]1CCCCN1CCCNC(=O)c1ccc(Oc2nccnc2Sc2ccc(Cl)cc2)cc1. The zero-order chi connectivity index (χ0) is 23.8. The Bertz CT molecular complexity index is 1080. The summed E-state index contributed by atoms with van der Waals surface area (Å²) >= 11 is 7.42. The molecule has 1 aliphatic rings. The van der Waals surface area contributed by atoms with Crippen molar-refractivity contribution in [3.63, 3.8) is 0 Å². The Labute approximate surface area is 210 Å². The maximum absolute atomic E-state index is 12.5. The lowest BCUT2D eigenvalue weighted by molar-refractivity contribution is 0.0949. The van der Waals surface area contributed by atoms with Gasteiger partial charge in [0, 0.05) is 47.0 Å². The average molecular weight is 497 g/mol. The van der Waals surface area contributed by atoms with Gasteiger partial charge in [0.25, 0.3) is 11.8 Å². The van der Waals surface area contributed by atoms with Crippen molar-refractivity contribution in [2.75, 3.05) is 19.6 Å². The Balaban J connectivity index is 1.29. The number of piperidine rings is 1. The van der Waals surface area contributed by atoms with E-state index in [0.717, 1.165) is 17.9 Å². The Morgan fingerprint density at radius 3 is 2.65 bits per heavy atom. The van der Waals surface area contributed by atoms with Crippen LogP contribution in [-0.4, -0.2) is 46.5 Å². The standard InChI is InChI=1S/C26H29ClN4O2S/c1-19-5-2-3-17-31(19)18-4-14-28-24(32)20-6-10-22(11-7-20)33-25-26(30-16-15-29-25)34-23-12-8-21(27)9-13-23/h6-13,15-16,19H,2-5,14,17-18H2,1H3,(H,28,32)/t19-/m0/s1. The van der Waals surface area contributed by atoms with Crippen LogP contribution in [0.4, 0.5) is 0 Å². The van der Waals surface area contributed by atoms with E-state index in [-0.39, 0.29) is 5.91 Å². The minimum atomic E-state index is -0.0725. The Morgan fingerprint density at radius 2 is 1.88 bits per heavy atom. The summed E-state index contributed by atoms with van der Waals surface area (Å²) < 4.78 is 5.96. The fourth-order valence-electron chi connectivity index (χ4n) is 3.93. The largest absolute Gasteiger partial charge is 0.437 e. The first-order valence-corrected chi connectivity index (χ1v) is 12.8. The number of likely N-dealkylation sites (tertiary alicyclic amines) is 1. The fourth-order valence-corrected chi connectivity index (χ4v) is 4.85. The van der Waals surface area contributed by atoms with Crippen molar-refractivity contribution in [3.05, 3.63) is 71.5 Å². The number of halogens is 1. The molecule has 6 nitrogen and oxygen atoms in total. The third-order valence-electron chi connectivity index (χ3n) is 5.84. The van der Waals surface area contributed by atoms with Crippen LogP contribution in [-0.2, 0) is 0 Å². The zero-order valence-electron chi connectivity index (χ0n) is 19.2. The van der Waals surface area contributed by atoms with Gasteiger partial charge in [0.15, 0.2) is 5.03 Å². The topological polar surface area (TPSA) is 67.4 Å². The molecule has 3 aromatic rings. The molecule has 1 fully saturated rings. The van der Waals surface area contributed by atoms with Gasteiger partial charge in [-0.2, -0.15) is 0 Å². The minimum absolute atomic E-state index is 0.0725. The van der Waals surface area contributed by atoms with Crippen LogP contribution in [0.5, 0.6) is 11.6 Å². The highest BCUT2D eigenvalue weighted by Crippen LogP contribution is 2.34. The van der Waals surface area contributed by atoms with Crippen LogP contribution < -0.4 is 10.1 Å². The second kappa shape index (κ2) is 12.2. The third-order valence-corrected chi connectivity index (χ3v) is 7.07. The van der Waals surface area contributed by atoms with Gasteiger partial charge in [0.2, 0.25) is 0 Å². The number of hydrogen-bond acceptors (Lipinski definition) is 6. The van der Waals surface area contributed by atoms with Gasteiger partial charge in [-0.3, -0.25) is 4.79 Å². The molecular weight excluding hydrogens is 468 g/mol. The van der Waals surface area contributed by atoms with Crippen molar-refractivity contribution in [2.24, 2.45) is 0 Å². The first-order chi connectivity index (χ1) is 16.6. The maximum Gasteiger partial charge on any atom is 0.252 e. The molecule has 1 atom stereocenters. The highest BCUT2D eigenvalue weighted by atomic mass is 35.5. The first-order valence-electron chi connectivity index (χ1n) is 11.6. The van der Waals surface area contributed by atoms with E-state index in [2.05, 4.69) is 27.1 Å². The van der Waals surface area contributed by atoms with Crippen LogP contribution in [0.2, 0.25) is 5.02 Å². The summed E-state index contributed by atoms with van der Waals surface area (Å²) in [5.74, 6) is 0.928. The van der Waals surface area contributed by atoms with E-state index in [9.17, 15) is 4.79 Å². The van der Waals surface area contributed by atoms with E-state index in [1.54, 1.807) is 36.7 Å². The van der Waals surface area contributed by atoms with Crippen molar-refractivity contribution >= 4 is 29.3 Å². The van der Waals surface area contributed by atoms with Crippen molar-refractivity contribution in [3.8, 4) is 11.6 Å². The lowest BCUT2D eigenvalue weighted by Crippen LogP contribution is -2.39. The van der Waals surface area contributed by atoms with E-state index in [1.807, 2.05) is 24.3 Å². The van der Waals surface area contributed by atoms with Crippen LogP contribution in [0.25, 0.3) is 0 Å². The lowest BCUT2D eigenvalue weighted by atomic mass is 10.0. The van der Waals surface area contributed by atoms with Crippen molar-refractivity contribution in [2.45, 2.75) is 48.6 Å². The number of amides is 1. The number of aromatic nitrogens is 2. The Morgan fingerprint density at radius 1 is 1.12 bits per heavy atom. The molecule has 2 heterocycles. The minimum Gasteiger partial charge on any atom is -0.437 e. The van der Waals surface area contributed by atoms with Gasteiger partial charge < -0.3 is 15.0 Å². The predicted octanol–water partition coefficient (Wildman–Crippen LogP) is 6.07. The highest BCUT2D eigenvalue weighted by Gasteiger charge is 2.17. The molecule has 34 heavy (non-hydrogen) atoms. The second-order valence-electron chi connectivity index (χ2n) is 8.34. The Hall–Kier alpha value is -2.61. The number of carbonyl (C=O) groups is 1. The highest BCUT2D eigenvalue weighted by molar-refractivity contribution is 7.99. The summed E-state index contributed by atoms with van der Waals surface area (Å²) in [6.07, 6.45) is 8.06. The second-order valence-corrected chi connectivity index (χ2v) is 9.84.